The molecule has 0 saturated carbocycles. The van der Waals surface area contributed by atoms with Gasteiger partial charge in [0.1, 0.15) is 5.75 Å². The number of hydrogen-bond acceptors (Lipinski definition) is 2. The highest BCUT2D eigenvalue weighted by atomic mass is 79.9. The first-order valence-electron chi connectivity index (χ1n) is 6.87. The lowest BCUT2D eigenvalue weighted by atomic mass is 10.1. The lowest BCUT2D eigenvalue weighted by Gasteiger charge is -2.25. The highest BCUT2D eigenvalue weighted by Gasteiger charge is 2.12. The van der Waals surface area contributed by atoms with Gasteiger partial charge in [0.25, 0.3) is 0 Å². The van der Waals surface area contributed by atoms with Crippen LogP contribution in [0.15, 0.2) is 16.6 Å². The van der Waals surface area contributed by atoms with Gasteiger partial charge in [-0.1, -0.05) is 35.2 Å². The number of halogens is 1. The number of phenolic OH excluding ortho intramolecular Hbond substituents is 1. The van der Waals surface area contributed by atoms with Crippen molar-refractivity contribution < 1.29 is 5.11 Å². The molecule has 100 valence electrons. The van der Waals surface area contributed by atoms with Crippen molar-refractivity contribution in [3.63, 3.8) is 0 Å². The van der Waals surface area contributed by atoms with Crippen LogP contribution in [0.25, 0.3) is 0 Å². The molecule has 2 nitrogen and oxygen atoms in total. The zero-order valence-electron chi connectivity index (χ0n) is 11.1. The van der Waals surface area contributed by atoms with Gasteiger partial charge < -0.3 is 5.11 Å². The molecule has 0 bridgehead atoms. The van der Waals surface area contributed by atoms with Crippen LogP contribution in [0.4, 0.5) is 0 Å². The number of rotatable bonds is 2. The van der Waals surface area contributed by atoms with Gasteiger partial charge in [-0.15, -0.1) is 0 Å². The molecule has 0 unspecified atom stereocenters. The van der Waals surface area contributed by atoms with E-state index in [2.05, 4.69) is 20.8 Å². The average Bonchev–Trinajstić information content (AvgIpc) is 2.28. The number of benzene rings is 1. The molecule has 1 aromatic carbocycles. The fraction of sp³-hybridized carbons (Fsp3) is 0.600. The van der Waals surface area contributed by atoms with E-state index in [1.54, 1.807) is 0 Å². The van der Waals surface area contributed by atoms with E-state index in [1.807, 2.05) is 19.1 Å². The Morgan fingerprint density at radius 2 is 1.72 bits per heavy atom. The van der Waals surface area contributed by atoms with Gasteiger partial charge in [-0.2, -0.15) is 0 Å². The van der Waals surface area contributed by atoms with Crippen molar-refractivity contribution in [3.05, 3.63) is 27.7 Å². The fourth-order valence-corrected chi connectivity index (χ4v) is 3.26. The zero-order chi connectivity index (χ0) is 13.0. The smallest absolute Gasteiger partial charge is 0.123 e. The minimum absolute atomic E-state index is 0.459. The largest absolute Gasteiger partial charge is 0.507 e. The SMILES string of the molecule is Cc1cc(Br)cc(CN2CCCCCCC2)c1O. The molecule has 18 heavy (non-hydrogen) atoms. The second-order valence-electron chi connectivity index (χ2n) is 5.27. The van der Waals surface area contributed by atoms with E-state index in [4.69, 9.17) is 0 Å². The highest BCUT2D eigenvalue weighted by molar-refractivity contribution is 9.10. The Morgan fingerprint density at radius 3 is 2.39 bits per heavy atom. The van der Waals surface area contributed by atoms with Crippen LogP contribution in [0.2, 0.25) is 0 Å². The minimum atomic E-state index is 0.459. The lowest BCUT2D eigenvalue weighted by molar-refractivity contribution is 0.237. The molecule has 0 amide bonds. The quantitative estimate of drug-likeness (QED) is 0.883. The number of phenols is 1. The Labute approximate surface area is 118 Å². The summed E-state index contributed by atoms with van der Waals surface area (Å²) < 4.78 is 1.06. The van der Waals surface area contributed by atoms with Crippen LogP contribution in [0.1, 0.15) is 43.2 Å². The normalized spacial score (nSPS) is 18.3. The van der Waals surface area contributed by atoms with Gasteiger partial charge in [0.2, 0.25) is 0 Å². The summed E-state index contributed by atoms with van der Waals surface area (Å²) >= 11 is 3.51. The van der Waals surface area contributed by atoms with Crippen LogP contribution >= 0.6 is 15.9 Å². The second-order valence-corrected chi connectivity index (χ2v) is 6.19. The maximum absolute atomic E-state index is 10.1. The summed E-state index contributed by atoms with van der Waals surface area (Å²) in [6.45, 7) is 5.14. The molecule has 1 fully saturated rings. The van der Waals surface area contributed by atoms with Crippen LogP contribution in [-0.2, 0) is 6.54 Å². The van der Waals surface area contributed by atoms with Crippen molar-refractivity contribution in [2.75, 3.05) is 13.1 Å². The summed E-state index contributed by atoms with van der Waals surface area (Å²) in [7, 11) is 0. The molecule has 0 aliphatic carbocycles. The average molecular weight is 312 g/mol. The second kappa shape index (κ2) is 6.58. The van der Waals surface area contributed by atoms with Crippen molar-refractivity contribution in [2.45, 2.75) is 45.6 Å². The Balaban J connectivity index is 2.07. The molecule has 0 aromatic heterocycles. The van der Waals surface area contributed by atoms with Gasteiger partial charge >= 0.3 is 0 Å². The van der Waals surface area contributed by atoms with Crippen LogP contribution in [-0.4, -0.2) is 23.1 Å². The zero-order valence-corrected chi connectivity index (χ0v) is 12.7. The van der Waals surface area contributed by atoms with Crippen molar-refractivity contribution in [1.29, 1.82) is 0 Å². The molecule has 2 rings (SSSR count). The molecule has 1 saturated heterocycles. The third-order valence-electron chi connectivity index (χ3n) is 3.69. The topological polar surface area (TPSA) is 23.5 Å². The molecule has 0 spiro atoms. The summed E-state index contributed by atoms with van der Waals surface area (Å²) in [4.78, 5) is 2.47. The van der Waals surface area contributed by atoms with Gasteiger partial charge in [-0.25, -0.2) is 0 Å². The molecule has 1 heterocycles. The van der Waals surface area contributed by atoms with Gasteiger partial charge in [0, 0.05) is 16.6 Å². The molecule has 0 atom stereocenters. The Morgan fingerprint density at radius 1 is 1.11 bits per heavy atom. The molecule has 1 aromatic rings. The fourth-order valence-electron chi connectivity index (χ4n) is 2.64. The predicted molar refractivity (Wildman–Crippen MR) is 78.9 cm³/mol. The standard InChI is InChI=1S/C15H22BrNO/c1-12-9-14(16)10-13(15(12)18)11-17-7-5-3-2-4-6-8-17/h9-10,18H,2-8,11H2,1H3. The van der Waals surface area contributed by atoms with Crippen molar-refractivity contribution in [3.8, 4) is 5.75 Å². The first-order chi connectivity index (χ1) is 8.66. The van der Waals surface area contributed by atoms with Crippen molar-refractivity contribution >= 4 is 15.9 Å². The van der Waals surface area contributed by atoms with E-state index in [0.29, 0.717) is 5.75 Å². The molecule has 1 aliphatic rings. The van der Waals surface area contributed by atoms with Crippen molar-refractivity contribution in [2.24, 2.45) is 0 Å². The summed E-state index contributed by atoms with van der Waals surface area (Å²) in [6.07, 6.45) is 6.65. The maximum atomic E-state index is 10.1. The predicted octanol–water partition coefficient (Wildman–Crippen LogP) is 4.23. The van der Waals surface area contributed by atoms with Gasteiger partial charge in [0.15, 0.2) is 0 Å². The number of likely N-dealkylation sites (tertiary alicyclic amines) is 1. The van der Waals surface area contributed by atoms with Gasteiger partial charge in [-0.3, -0.25) is 4.90 Å². The summed E-state index contributed by atoms with van der Waals surface area (Å²) in [5.74, 6) is 0.459. The van der Waals surface area contributed by atoms with Gasteiger partial charge in [-0.05, 0) is 50.6 Å². The molecular formula is C15H22BrNO. The van der Waals surface area contributed by atoms with Crippen LogP contribution in [0, 0.1) is 6.92 Å². The lowest BCUT2D eigenvalue weighted by Crippen LogP contribution is -2.26. The molecule has 1 N–H and O–H groups in total. The van der Waals surface area contributed by atoms with E-state index in [1.165, 1.54) is 32.1 Å². The maximum Gasteiger partial charge on any atom is 0.123 e. The van der Waals surface area contributed by atoms with E-state index in [9.17, 15) is 5.11 Å². The molecular weight excluding hydrogens is 290 g/mol. The summed E-state index contributed by atoms with van der Waals surface area (Å²) in [5, 5.41) is 10.1. The van der Waals surface area contributed by atoms with E-state index < -0.39 is 0 Å². The van der Waals surface area contributed by atoms with Crippen LogP contribution in [0.3, 0.4) is 0 Å². The van der Waals surface area contributed by atoms with E-state index >= 15 is 0 Å². The Hall–Kier alpha value is -0.540. The minimum Gasteiger partial charge on any atom is -0.507 e. The molecule has 3 heteroatoms. The van der Waals surface area contributed by atoms with E-state index in [-0.39, 0.29) is 0 Å². The monoisotopic (exact) mass is 311 g/mol. The van der Waals surface area contributed by atoms with Crippen LogP contribution in [0.5, 0.6) is 5.75 Å². The van der Waals surface area contributed by atoms with E-state index in [0.717, 1.165) is 35.2 Å². The third kappa shape index (κ3) is 3.72. The first-order valence-corrected chi connectivity index (χ1v) is 7.66. The Kier molecular flexibility index (Phi) is 5.07. The number of nitrogens with zero attached hydrogens (tertiary/aromatic N) is 1. The number of aryl methyl sites for hydroxylation is 1. The summed E-state index contributed by atoms with van der Waals surface area (Å²) in [6, 6.07) is 4.01. The Bertz CT molecular complexity index is 398. The molecule has 0 radical (unpaired) electrons. The van der Waals surface area contributed by atoms with Crippen LogP contribution < -0.4 is 0 Å². The third-order valence-corrected chi connectivity index (χ3v) is 4.14. The first kappa shape index (κ1) is 13.9. The summed E-state index contributed by atoms with van der Waals surface area (Å²) in [5.41, 5.74) is 1.99. The number of aromatic hydroxyl groups is 1. The highest BCUT2D eigenvalue weighted by Crippen LogP contribution is 2.28. The van der Waals surface area contributed by atoms with Crippen molar-refractivity contribution in [1.82, 2.24) is 4.90 Å². The molecule has 1 aliphatic heterocycles. The number of hydrogen-bond donors (Lipinski definition) is 1. The van der Waals surface area contributed by atoms with Gasteiger partial charge in [0.05, 0.1) is 0 Å².